The number of methoxy groups -OCH3 is 3. The van der Waals surface area contributed by atoms with Gasteiger partial charge < -0.3 is 24.4 Å². The molecule has 7 heteroatoms. The van der Waals surface area contributed by atoms with Crippen LogP contribution in [0.5, 0.6) is 17.2 Å². The average Bonchev–Trinajstić information content (AvgIpc) is 2.72. The third-order valence-corrected chi connectivity index (χ3v) is 4.32. The second-order valence-electron chi connectivity index (χ2n) is 6.05. The van der Waals surface area contributed by atoms with Gasteiger partial charge in [-0.3, -0.25) is 9.59 Å². The van der Waals surface area contributed by atoms with Crippen LogP contribution in [0.1, 0.15) is 22.8 Å². The molecule has 0 unspecified atom stereocenters. The van der Waals surface area contributed by atoms with Crippen molar-refractivity contribution >= 4 is 11.8 Å². The van der Waals surface area contributed by atoms with Crippen molar-refractivity contribution in [3.05, 3.63) is 53.6 Å². The molecule has 0 aliphatic heterocycles. The molecular formula is C21H26N2O5. The number of nitrogens with one attached hydrogen (secondary N) is 1. The van der Waals surface area contributed by atoms with E-state index in [9.17, 15) is 9.59 Å². The lowest BCUT2D eigenvalue weighted by atomic mass is 10.1. The molecule has 0 radical (unpaired) electrons. The summed E-state index contributed by atoms with van der Waals surface area (Å²) in [6.45, 7) is 2.54. The predicted octanol–water partition coefficient (Wildman–Crippen LogP) is 2.49. The zero-order valence-electron chi connectivity index (χ0n) is 16.7. The molecule has 0 atom stereocenters. The van der Waals surface area contributed by atoms with Crippen LogP contribution in [0.25, 0.3) is 0 Å². The molecule has 0 bridgehead atoms. The van der Waals surface area contributed by atoms with Crippen molar-refractivity contribution in [3.63, 3.8) is 0 Å². The van der Waals surface area contributed by atoms with E-state index >= 15 is 0 Å². The van der Waals surface area contributed by atoms with Crippen LogP contribution in [0, 0.1) is 0 Å². The van der Waals surface area contributed by atoms with Crippen molar-refractivity contribution < 1.29 is 23.8 Å². The Hall–Kier alpha value is -3.22. The molecule has 2 amide bonds. The number of nitrogens with zero attached hydrogens (tertiary/aromatic N) is 1. The number of ether oxygens (including phenoxy) is 3. The van der Waals surface area contributed by atoms with Crippen molar-refractivity contribution in [2.24, 2.45) is 0 Å². The minimum absolute atomic E-state index is 0.0879. The van der Waals surface area contributed by atoms with Crippen molar-refractivity contribution in [3.8, 4) is 17.2 Å². The highest BCUT2D eigenvalue weighted by atomic mass is 16.5. The van der Waals surface area contributed by atoms with E-state index in [0.29, 0.717) is 30.2 Å². The van der Waals surface area contributed by atoms with E-state index in [-0.39, 0.29) is 18.4 Å². The Bertz CT molecular complexity index is 800. The summed E-state index contributed by atoms with van der Waals surface area (Å²) in [6.07, 6.45) is 0. The van der Waals surface area contributed by atoms with Gasteiger partial charge in [-0.05, 0) is 18.2 Å². The first-order chi connectivity index (χ1) is 13.5. The number of carbonyl (C=O) groups excluding carboxylic acids is 2. The minimum Gasteiger partial charge on any atom is -0.496 e. The van der Waals surface area contributed by atoms with E-state index in [4.69, 9.17) is 14.2 Å². The van der Waals surface area contributed by atoms with Crippen LogP contribution in [0.15, 0.2) is 42.5 Å². The number of hydrogen-bond donors (Lipinski definition) is 1. The molecular weight excluding hydrogens is 360 g/mol. The molecule has 0 aromatic heterocycles. The SMILES string of the molecule is COc1ccccc1CN(CCNC(=O)c1c(OC)cccc1OC)C(C)=O. The van der Waals surface area contributed by atoms with Crippen LogP contribution in [0.3, 0.4) is 0 Å². The predicted molar refractivity (Wildman–Crippen MR) is 106 cm³/mol. The number of amides is 2. The number of para-hydroxylation sites is 1. The Balaban J connectivity index is 2.04. The highest BCUT2D eigenvalue weighted by Gasteiger charge is 2.18. The summed E-state index contributed by atoms with van der Waals surface area (Å²) in [5.41, 5.74) is 1.23. The van der Waals surface area contributed by atoms with E-state index in [1.807, 2.05) is 24.3 Å². The molecule has 0 aliphatic carbocycles. The highest BCUT2D eigenvalue weighted by Crippen LogP contribution is 2.27. The van der Waals surface area contributed by atoms with E-state index in [0.717, 1.165) is 11.3 Å². The average molecular weight is 386 g/mol. The summed E-state index contributed by atoms with van der Waals surface area (Å²) >= 11 is 0. The Kier molecular flexibility index (Phi) is 7.68. The standard InChI is InChI=1S/C21H26N2O5/c1-15(24)23(14-16-8-5-6-9-17(16)26-2)13-12-22-21(25)20-18(27-3)10-7-11-19(20)28-4/h5-11H,12-14H2,1-4H3,(H,22,25). The second-order valence-corrected chi connectivity index (χ2v) is 6.05. The smallest absolute Gasteiger partial charge is 0.258 e. The molecule has 0 saturated carbocycles. The summed E-state index contributed by atoms with van der Waals surface area (Å²) in [5, 5.41) is 2.82. The van der Waals surface area contributed by atoms with Gasteiger partial charge in [0.05, 0.1) is 21.3 Å². The van der Waals surface area contributed by atoms with Crippen LogP contribution in [0.4, 0.5) is 0 Å². The van der Waals surface area contributed by atoms with E-state index < -0.39 is 0 Å². The molecule has 7 nitrogen and oxygen atoms in total. The van der Waals surface area contributed by atoms with Crippen molar-refractivity contribution in [2.75, 3.05) is 34.4 Å². The van der Waals surface area contributed by atoms with Crippen LogP contribution < -0.4 is 19.5 Å². The number of benzene rings is 2. The Morgan fingerprint density at radius 2 is 1.46 bits per heavy atom. The largest absolute Gasteiger partial charge is 0.496 e. The van der Waals surface area contributed by atoms with E-state index in [1.54, 1.807) is 30.2 Å². The zero-order valence-corrected chi connectivity index (χ0v) is 16.7. The van der Waals surface area contributed by atoms with Crippen LogP contribution in [0.2, 0.25) is 0 Å². The molecule has 1 N–H and O–H groups in total. The summed E-state index contributed by atoms with van der Waals surface area (Å²) in [5.74, 6) is 1.16. The molecule has 0 fully saturated rings. The normalized spacial score (nSPS) is 10.1. The van der Waals surface area contributed by atoms with Gasteiger partial charge in [0.15, 0.2) is 0 Å². The Morgan fingerprint density at radius 1 is 0.893 bits per heavy atom. The first-order valence-corrected chi connectivity index (χ1v) is 8.88. The van der Waals surface area contributed by atoms with E-state index in [2.05, 4.69) is 5.32 Å². The van der Waals surface area contributed by atoms with Gasteiger partial charge in [0.2, 0.25) is 5.91 Å². The topological polar surface area (TPSA) is 77.1 Å². The van der Waals surface area contributed by atoms with Crippen molar-refractivity contribution in [1.82, 2.24) is 10.2 Å². The van der Waals surface area contributed by atoms with Gasteiger partial charge in [0.1, 0.15) is 22.8 Å². The summed E-state index contributed by atoms with van der Waals surface area (Å²) in [4.78, 5) is 26.3. The summed E-state index contributed by atoms with van der Waals surface area (Å²) in [7, 11) is 4.59. The molecule has 0 aliphatic rings. The molecule has 0 spiro atoms. The molecule has 2 aromatic rings. The zero-order chi connectivity index (χ0) is 20.5. The first kappa shape index (κ1) is 21.1. The maximum Gasteiger partial charge on any atom is 0.258 e. The fourth-order valence-electron chi connectivity index (χ4n) is 2.85. The maximum absolute atomic E-state index is 12.6. The fraction of sp³-hybridized carbons (Fsp3) is 0.333. The van der Waals surface area contributed by atoms with Gasteiger partial charge in [-0.2, -0.15) is 0 Å². The number of carbonyl (C=O) groups is 2. The molecule has 2 rings (SSSR count). The minimum atomic E-state index is -0.324. The van der Waals surface area contributed by atoms with Gasteiger partial charge in [0.25, 0.3) is 5.91 Å². The lowest BCUT2D eigenvalue weighted by Crippen LogP contribution is -2.37. The van der Waals surface area contributed by atoms with Crippen LogP contribution in [-0.4, -0.2) is 51.1 Å². The van der Waals surface area contributed by atoms with Gasteiger partial charge in [0, 0.05) is 32.1 Å². The third-order valence-electron chi connectivity index (χ3n) is 4.32. The second kappa shape index (κ2) is 10.2. The highest BCUT2D eigenvalue weighted by molar-refractivity contribution is 5.99. The lowest BCUT2D eigenvalue weighted by Gasteiger charge is -2.22. The molecule has 28 heavy (non-hydrogen) atoms. The van der Waals surface area contributed by atoms with Crippen molar-refractivity contribution in [1.29, 1.82) is 0 Å². The number of rotatable bonds is 9. The fourth-order valence-corrected chi connectivity index (χ4v) is 2.85. The molecule has 150 valence electrons. The van der Waals surface area contributed by atoms with Gasteiger partial charge >= 0.3 is 0 Å². The number of hydrogen-bond acceptors (Lipinski definition) is 5. The lowest BCUT2D eigenvalue weighted by molar-refractivity contribution is -0.129. The molecule has 0 saturated heterocycles. The molecule has 2 aromatic carbocycles. The van der Waals surface area contributed by atoms with Crippen molar-refractivity contribution in [2.45, 2.75) is 13.5 Å². The summed E-state index contributed by atoms with van der Waals surface area (Å²) < 4.78 is 15.9. The van der Waals surface area contributed by atoms with Gasteiger partial charge in [-0.1, -0.05) is 24.3 Å². The molecule has 0 heterocycles. The summed E-state index contributed by atoms with van der Waals surface area (Å²) in [6, 6.07) is 12.7. The van der Waals surface area contributed by atoms with Crippen LogP contribution in [-0.2, 0) is 11.3 Å². The monoisotopic (exact) mass is 386 g/mol. The Morgan fingerprint density at radius 3 is 2.04 bits per heavy atom. The quantitative estimate of drug-likeness (QED) is 0.717. The van der Waals surface area contributed by atoms with Crippen LogP contribution >= 0.6 is 0 Å². The Labute approximate surface area is 165 Å². The van der Waals surface area contributed by atoms with Gasteiger partial charge in [-0.25, -0.2) is 0 Å². The van der Waals surface area contributed by atoms with Gasteiger partial charge in [-0.15, -0.1) is 0 Å². The third kappa shape index (κ3) is 5.16. The van der Waals surface area contributed by atoms with E-state index in [1.165, 1.54) is 21.1 Å². The maximum atomic E-state index is 12.6. The first-order valence-electron chi connectivity index (χ1n) is 8.88.